The van der Waals surface area contributed by atoms with Gasteiger partial charge in [0, 0.05) is 0 Å². The van der Waals surface area contributed by atoms with Crippen molar-refractivity contribution in [3.8, 4) is 0 Å². The Balaban J connectivity index is 2.06. The Hall–Kier alpha value is -0.780. The maximum Gasteiger partial charge on any atom is -0.0276 e. The Morgan fingerprint density at radius 2 is 0.679 bits per heavy atom. The summed E-state index contributed by atoms with van der Waals surface area (Å²) in [5, 5.41) is 0. The second-order valence-electron chi connectivity index (χ2n) is 8.93. The molecule has 0 nitrogen and oxygen atoms in total. The van der Waals surface area contributed by atoms with Gasteiger partial charge in [-0.1, -0.05) is 141 Å². The highest BCUT2D eigenvalue weighted by atomic mass is 14.1. The average Bonchev–Trinajstić information content (AvgIpc) is 2.72. The van der Waals surface area contributed by atoms with Crippen molar-refractivity contribution >= 4 is 0 Å². The van der Waals surface area contributed by atoms with Crippen molar-refractivity contribution in [2.75, 3.05) is 0 Å². The molecule has 0 heterocycles. The fourth-order valence-electron chi connectivity index (χ4n) is 4.30. The van der Waals surface area contributed by atoms with E-state index in [4.69, 9.17) is 0 Å². The van der Waals surface area contributed by atoms with Crippen LogP contribution in [0.3, 0.4) is 0 Å². The van der Waals surface area contributed by atoms with Crippen LogP contribution in [0.15, 0.2) is 24.3 Å². The number of hydrogen-bond acceptors (Lipinski definition) is 0. The first-order valence-electron chi connectivity index (χ1n) is 12.9. The Bertz CT molecular complexity index is 392. The topological polar surface area (TPSA) is 0 Å². The number of unbranched alkanes of at least 4 members (excludes halogenated alkanes) is 16. The van der Waals surface area contributed by atoms with E-state index in [2.05, 4.69) is 38.1 Å². The largest absolute Gasteiger partial charge is 0.0654 e. The SMILES string of the molecule is CCCCCCCCCCCc1ccccc1CCCCCCCCCCC. The molecular formula is C28H50. The van der Waals surface area contributed by atoms with Crippen LogP contribution in [0.4, 0.5) is 0 Å². The van der Waals surface area contributed by atoms with Gasteiger partial charge in [-0.3, -0.25) is 0 Å². The molecule has 0 aliphatic rings. The molecule has 0 spiro atoms. The first-order valence-corrected chi connectivity index (χ1v) is 12.9. The van der Waals surface area contributed by atoms with Gasteiger partial charge in [-0.25, -0.2) is 0 Å². The highest BCUT2D eigenvalue weighted by Gasteiger charge is 2.02. The van der Waals surface area contributed by atoms with Crippen LogP contribution >= 0.6 is 0 Å². The molecule has 0 radical (unpaired) electrons. The van der Waals surface area contributed by atoms with Crippen molar-refractivity contribution in [3.63, 3.8) is 0 Å². The van der Waals surface area contributed by atoms with Gasteiger partial charge >= 0.3 is 0 Å². The first-order chi connectivity index (χ1) is 13.9. The summed E-state index contributed by atoms with van der Waals surface area (Å²) in [7, 11) is 0. The molecule has 0 saturated carbocycles. The van der Waals surface area contributed by atoms with Crippen LogP contribution in [0, 0.1) is 0 Å². The highest BCUT2D eigenvalue weighted by molar-refractivity contribution is 5.27. The molecule has 0 fully saturated rings. The average molecular weight is 387 g/mol. The number of aryl methyl sites for hydroxylation is 2. The zero-order valence-corrected chi connectivity index (χ0v) is 19.5. The highest BCUT2D eigenvalue weighted by Crippen LogP contribution is 2.18. The van der Waals surface area contributed by atoms with Gasteiger partial charge in [-0.15, -0.1) is 0 Å². The molecule has 0 heteroatoms. The molecule has 0 N–H and O–H groups in total. The van der Waals surface area contributed by atoms with E-state index in [0.717, 1.165) is 0 Å². The van der Waals surface area contributed by atoms with Crippen LogP contribution in [0.2, 0.25) is 0 Å². The molecule has 1 aromatic rings. The van der Waals surface area contributed by atoms with E-state index in [9.17, 15) is 0 Å². The zero-order chi connectivity index (χ0) is 20.1. The molecule has 0 saturated heterocycles. The maximum absolute atomic E-state index is 2.38. The van der Waals surface area contributed by atoms with Gasteiger partial charge in [0.25, 0.3) is 0 Å². The second-order valence-corrected chi connectivity index (χ2v) is 8.93. The van der Waals surface area contributed by atoms with Gasteiger partial charge in [-0.05, 0) is 36.8 Å². The summed E-state index contributed by atoms with van der Waals surface area (Å²) in [4.78, 5) is 0. The van der Waals surface area contributed by atoms with Gasteiger partial charge in [-0.2, -0.15) is 0 Å². The lowest BCUT2D eigenvalue weighted by Crippen LogP contribution is -1.95. The molecule has 0 aromatic heterocycles. The van der Waals surface area contributed by atoms with E-state index in [1.54, 1.807) is 11.1 Å². The standard InChI is InChI=1S/C28H50/c1-3-5-7-9-11-13-15-17-19-23-27-25-21-22-26-28(27)24-20-18-16-14-12-10-8-6-4-2/h21-22,25-26H,3-20,23-24H2,1-2H3. The van der Waals surface area contributed by atoms with Crippen LogP contribution in [0.5, 0.6) is 0 Å². The number of rotatable bonds is 20. The van der Waals surface area contributed by atoms with Crippen molar-refractivity contribution in [1.82, 2.24) is 0 Å². The second kappa shape index (κ2) is 19.5. The Morgan fingerprint density at radius 1 is 0.393 bits per heavy atom. The third-order valence-electron chi connectivity index (χ3n) is 6.22. The maximum atomic E-state index is 2.38. The van der Waals surface area contributed by atoms with E-state index in [0.29, 0.717) is 0 Å². The first kappa shape index (κ1) is 25.3. The zero-order valence-electron chi connectivity index (χ0n) is 19.5. The molecule has 162 valence electrons. The lowest BCUT2D eigenvalue weighted by Gasteiger charge is -2.10. The normalized spacial score (nSPS) is 11.2. The van der Waals surface area contributed by atoms with E-state index < -0.39 is 0 Å². The summed E-state index contributed by atoms with van der Waals surface area (Å²) in [5.41, 5.74) is 3.26. The smallest absolute Gasteiger partial charge is 0.0276 e. The lowest BCUT2D eigenvalue weighted by atomic mass is 9.96. The van der Waals surface area contributed by atoms with Crippen LogP contribution in [-0.4, -0.2) is 0 Å². The summed E-state index contributed by atoms with van der Waals surface area (Å²) in [6.07, 6.45) is 28.2. The van der Waals surface area contributed by atoms with Crippen LogP contribution < -0.4 is 0 Å². The fraction of sp³-hybridized carbons (Fsp3) is 0.786. The molecule has 1 rings (SSSR count). The van der Waals surface area contributed by atoms with E-state index in [1.807, 2.05) is 0 Å². The molecule has 0 aliphatic carbocycles. The quantitative estimate of drug-likeness (QED) is 0.196. The molecule has 1 aromatic carbocycles. The van der Waals surface area contributed by atoms with Crippen molar-refractivity contribution < 1.29 is 0 Å². The van der Waals surface area contributed by atoms with Crippen molar-refractivity contribution in [2.24, 2.45) is 0 Å². The van der Waals surface area contributed by atoms with E-state index >= 15 is 0 Å². The van der Waals surface area contributed by atoms with Crippen LogP contribution in [0.25, 0.3) is 0 Å². The number of hydrogen-bond donors (Lipinski definition) is 0. The third-order valence-corrected chi connectivity index (χ3v) is 6.22. The Kier molecular flexibility index (Phi) is 17.6. The molecule has 0 unspecified atom stereocenters. The van der Waals surface area contributed by atoms with Crippen molar-refractivity contribution in [3.05, 3.63) is 35.4 Å². The van der Waals surface area contributed by atoms with Gasteiger partial charge in [0.05, 0.1) is 0 Å². The lowest BCUT2D eigenvalue weighted by molar-refractivity contribution is 0.561. The van der Waals surface area contributed by atoms with Crippen molar-refractivity contribution in [2.45, 2.75) is 142 Å². The van der Waals surface area contributed by atoms with E-state index in [-0.39, 0.29) is 0 Å². The van der Waals surface area contributed by atoms with Crippen LogP contribution in [-0.2, 0) is 12.8 Å². The van der Waals surface area contributed by atoms with Crippen LogP contribution in [0.1, 0.15) is 141 Å². The minimum atomic E-state index is 1.30. The summed E-state index contributed by atoms with van der Waals surface area (Å²) >= 11 is 0. The summed E-state index contributed by atoms with van der Waals surface area (Å²) in [6, 6.07) is 9.24. The van der Waals surface area contributed by atoms with Gasteiger partial charge < -0.3 is 0 Å². The Morgan fingerprint density at radius 3 is 1.00 bits per heavy atom. The summed E-state index contributed by atoms with van der Waals surface area (Å²) < 4.78 is 0. The third kappa shape index (κ3) is 14.3. The molecular weight excluding hydrogens is 336 g/mol. The van der Waals surface area contributed by atoms with Gasteiger partial charge in [0.15, 0.2) is 0 Å². The van der Waals surface area contributed by atoms with Gasteiger partial charge in [0.1, 0.15) is 0 Å². The molecule has 0 amide bonds. The fourth-order valence-corrected chi connectivity index (χ4v) is 4.30. The van der Waals surface area contributed by atoms with Gasteiger partial charge in [0.2, 0.25) is 0 Å². The number of benzene rings is 1. The molecule has 28 heavy (non-hydrogen) atoms. The minimum Gasteiger partial charge on any atom is -0.0654 e. The predicted molar refractivity (Wildman–Crippen MR) is 128 cm³/mol. The van der Waals surface area contributed by atoms with Crippen molar-refractivity contribution in [1.29, 1.82) is 0 Å². The monoisotopic (exact) mass is 386 g/mol. The predicted octanol–water partition coefficient (Wildman–Crippen LogP) is 9.83. The summed E-state index contributed by atoms with van der Waals surface area (Å²) in [6.45, 7) is 4.60. The molecule has 0 aliphatic heterocycles. The van der Waals surface area contributed by atoms with E-state index in [1.165, 1.54) is 128 Å². The molecule has 0 bridgehead atoms. The summed E-state index contributed by atoms with van der Waals surface area (Å²) in [5.74, 6) is 0. The molecule has 0 atom stereocenters. The Labute approximate surface area is 177 Å². The minimum absolute atomic E-state index is 1.30.